The minimum Gasteiger partial charge on any atom is -0.454 e. The number of rotatable bonds is 5. The highest BCUT2D eigenvalue weighted by Crippen LogP contribution is 2.32. The Morgan fingerprint density at radius 2 is 2.24 bits per heavy atom. The molecule has 0 saturated carbocycles. The number of hydrogen-bond donors (Lipinski definition) is 0. The van der Waals surface area contributed by atoms with Crippen molar-refractivity contribution in [2.45, 2.75) is 20.0 Å². The van der Waals surface area contributed by atoms with E-state index >= 15 is 0 Å². The Bertz CT molecular complexity index is 629. The highest BCUT2D eigenvalue weighted by atomic mass is 16.7. The number of carbonyl (C=O) groups excluding carboxylic acids is 1. The first-order valence-corrected chi connectivity index (χ1v) is 6.63. The average Bonchev–Trinajstić information content (AvgIpc) is 3.14. The second-order valence-electron chi connectivity index (χ2n) is 4.60. The molecule has 21 heavy (non-hydrogen) atoms. The number of nitrogens with zero attached hydrogens (tertiary/aromatic N) is 5. The zero-order valence-corrected chi connectivity index (χ0v) is 11.6. The van der Waals surface area contributed by atoms with Crippen LogP contribution in [0.5, 0.6) is 11.5 Å². The van der Waals surface area contributed by atoms with Gasteiger partial charge in [0.15, 0.2) is 11.5 Å². The van der Waals surface area contributed by atoms with Crippen LogP contribution < -0.4 is 9.47 Å². The van der Waals surface area contributed by atoms with Gasteiger partial charge in [0.1, 0.15) is 12.9 Å². The zero-order chi connectivity index (χ0) is 14.7. The van der Waals surface area contributed by atoms with E-state index in [2.05, 4.69) is 15.5 Å². The molecule has 1 aliphatic heterocycles. The van der Waals surface area contributed by atoms with Crippen molar-refractivity contribution in [3.05, 3.63) is 30.1 Å². The molecule has 1 aromatic heterocycles. The van der Waals surface area contributed by atoms with E-state index in [4.69, 9.17) is 9.47 Å². The zero-order valence-electron chi connectivity index (χ0n) is 11.6. The first-order chi connectivity index (χ1) is 10.3. The largest absolute Gasteiger partial charge is 0.454 e. The van der Waals surface area contributed by atoms with Crippen LogP contribution in [0.15, 0.2) is 24.5 Å². The predicted octanol–water partition coefficient (Wildman–Crippen LogP) is 0.450. The minimum atomic E-state index is -0.0394. The summed E-state index contributed by atoms with van der Waals surface area (Å²) in [5.41, 5.74) is 0.992. The van der Waals surface area contributed by atoms with E-state index in [0.29, 0.717) is 13.1 Å². The maximum Gasteiger partial charge on any atom is 0.244 e. The van der Waals surface area contributed by atoms with Gasteiger partial charge in [0.05, 0.1) is 0 Å². The summed E-state index contributed by atoms with van der Waals surface area (Å²) in [6.07, 6.45) is 1.42. The van der Waals surface area contributed by atoms with E-state index in [-0.39, 0.29) is 19.2 Å². The number of hydrogen-bond acceptors (Lipinski definition) is 6. The topological polar surface area (TPSA) is 82.4 Å². The van der Waals surface area contributed by atoms with Gasteiger partial charge in [0.25, 0.3) is 0 Å². The number of tetrazole rings is 1. The first-order valence-electron chi connectivity index (χ1n) is 6.63. The van der Waals surface area contributed by atoms with E-state index in [9.17, 15) is 4.79 Å². The van der Waals surface area contributed by atoms with Crippen LogP contribution in [0.2, 0.25) is 0 Å². The third kappa shape index (κ3) is 2.93. The summed E-state index contributed by atoms with van der Waals surface area (Å²) in [6, 6.07) is 5.69. The molecule has 1 amide bonds. The Hall–Kier alpha value is -2.64. The molecule has 0 aliphatic carbocycles. The molecule has 0 atom stereocenters. The van der Waals surface area contributed by atoms with Crippen molar-refractivity contribution < 1.29 is 14.3 Å². The molecule has 8 nitrogen and oxygen atoms in total. The van der Waals surface area contributed by atoms with Crippen LogP contribution in [0, 0.1) is 0 Å². The van der Waals surface area contributed by atoms with E-state index in [1.165, 1.54) is 11.0 Å². The van der Waals surface area contributed by atoms with Crippen molar-refractivity contribution in [2.75, 3.05) is 13.3 Å². The molecule has 2 heterocycles. The highest BCUT2D eigenvalue weighted by molar-refractivity contribution is 5.75. The molecule has 0 unspecified atom stereocenters. The third-order valence-electron chi connectivity index (χ3n) is 3.23. The number of ether oxygens (including phenoxy) is 2. The SMILES string of the molecule is CCN(Cc1ccc2c(c1)OCO2)C(=O)Cn1cnnn1. The molecular formula is C13H15N5O3. The van der Waals surface area contributed by atoms with Crippen LogP contribution >= 0.6 is 0 Å². The van der Waals surface area contributed by atoms with E-state index in [1.54, 1.807) is 4.90 Å². The molecule has 0 spiro atoms. The minimum absolute atomic E-state index is 0.0394. The third-order valence-corrected chi connectivity index (χ3v) is 3.23. The molecule has 0 radical (unpaired) electrons. The maximum absolute atomic E-state index is 12.2. The van der Waals surface area contributed by atoms with Crippen molar-refractivity contribution in [2.24, 2.45) is 0 Å². The van der Waals surface area contributed by atoms with Gasteiger partial charge in [-0.2, -0.15) is 0 Å². The van der Waals surface area contributed by atoms with Gasteiger partial charge in [-0.25, -0.2) is 4.68 Å². The number of amides is 1. The molecule has 2 aromatic rings. The lowest BCUT2D eigenvalue weighted by molar-refractivity contribution is -0.132. The number of likely N-dealkylation sites (N-methyl/N-ethyl adjacent to an activating group) is 1. The van der Waals surface area contributed by atoms with E-state index < -0.39 is 0 Å². The Labute approximate surface area is 121 Å². The fourth-order valence-corrected chi connectivity index (χ4v) is 2.13. The van der Waals surface area contributed by atoms with Crippen LogP contribution in [0.4, 0.5) is 0 Å². The summed E-state index contributed by atoms with van der Waals surface area (Å²) < 4.78 is 12.0. The molecule has 0 N–H and O–H groups in total. The van der Waals surface area contributed by atoms with Crippen molar-refractivity contribution in [1.29, 1.82) is 0 Å². The van der Waals surface area contributed by atoms with Crippen LogP contribution in [0.25, 0.3) is 0 Å². The predicted molar refractivity (Wildman–Crippen MR) is 71.5 cm³/mol. The number of benzene rings is 1. The number of aromatic nitrogens is 4. The lowest BCUT2D eigenvalue weighted by atomic mass is 10.2. The van der Waals surface area contributed by atoms with E-state index in [0.717, 1.165) is 17.1 Å². The van der Waals surface area contributed by atoms with E-state index in [1.807, 2.05) is 25.1 Å². The molecule has 0 fully saturated rings. The Balaban J connectivity index is 1.67. The molecule has 8 heteroatoms. The Morgan fingerprint density at radius 3 is 3.00 bits per heavy atom. The van der Waals surface area contributed by atoms with Crippen molar-refractivity contribution in [3.63, 3.8) is 0 Å². The molecule has 110 valence electrons. The molecule has 0 bridgehead atoms. The lowest BCUT2D eigenvalue weighted by Crippen LogP contribution is -2.33. The average molecular weight is 289 g/mol. The van der Waals surface area contributed by atoms with Crippen LogP contribution in [0.1, 0.15) is 12.5 Å². The number of carbonyl (C=O) groups is 1. The van der Waals surface area contributed by atoms with Gasteiger partial charge >= 0.3 is 0 Å². The summed E-state index contributed by atoms with van der Waals surface area (Å²) in [4.78, 5) is 14.0. The molecule has 1 aromatic carbocycles. The highest BCUT2D eigenvalue weighted by Gasteiger charge is 2.17. The Morgan fingerprint density at radius 1 is 1.38 bits per heavy atom. The summed E-state index contributed by atoms with van der Waals surface area (Å²) in [5, 5.41) is 10.7. The molecule has 3 rings (SSSR count). The van der Waals surface area contributed by atoms with Gasteiger partial charge in [-0.05, 0) is 35.0 Å². The van der Waals surface area contributed by atoms with Crippen molar-refractivity contribution in [1.82, 2.24) is 25.1 Å². The van der Waals surface area contributed by atoms with Crippen molar-refractivity contribution >= 4 is 5.91 Å². The van der Waals surface area contributed by atoms with Gasteiger partial charge in [-0.15, -0.1) is 5.10 Å². The molecule has 0 saturated heterocycles. The quantitative estimate of drug-likeness (QED) is 0.795. The van der Waals surface area contributed by atoms with Crippen molar-refractivity contribution in [3.8, 4) is 11.5 Å². The second-order valence-corrected chi connectivity index (χ2v) is 4.60. The fourth-order valence-electron chi connectivity index (χ4n) is 2.13. The summed E-state index contributed by atoms with van der Waals surface area (Å²) in [6.45, 7) is 3.42. The van der Waals surface area contributed by atoms with Crippen LogP contribution in [-0.4, -0.2) is 44.4 Å². The lowest BCUT2D eigenvalue weighted by Gasteiger charge is -2.20. The second kappa shape index (κ2) is 5.78. The molecular weight excluding hydrogens is 274 g/mol. The normalized spacial score (nSPS) is 12.4. The maximum atomic E-state index is 12.2. The van der Waals surface area contributed by atoms with Gasteiger partial charge in [0, 0.05) is 13.1 Å². The van der Waals surface area contributed by atoms with Gasteiger partial charge < -0.3 is 14.4 Å². The van der Waals surface area contributed by atoms with Gasteiger partial charge in [-0.1, -0.05) is 6.07 Å². The van der Waals surface area contributed by atoms with Crippen LogP contribution in [-0.2, 0) is 17.9 Å². The standard InChI is InChI=1S/C13H15N5O3/c1-2-17(13(19)7-18-8-14-15-16-18)6-10-3-4-11-12(5-10)21-9-20-11/h3-5,8H,2,6-7,9H2,1H3. The van der Waals surface area contributed by atoms with Crippen LogP contribution in [0.3, 0.4) is 0 Å². The summed E-state index contributed by atoms with van der Waals surface area (Å²) in [5.74, 6) is 1.42. The number of fused-ring (bicyclic) bond motifs is 1. The first kappa shape index (κ1) is 13.3. The van der Waals surface area contributed by atoms with Gasteiger partial charge in [-0.3, -0.25) is 4.79 Å². The van der Waals surface area contributed by atoms with Gasteiger partial charge in [0.2, 0.25) is 12.7 Å². The Kier molecular flexibility index (Phi) is 3.67. The smallest absolute Gasteiger partial charge is 0.244 e. The fraction of sp³-hybridized carbons (Fsp3) is 0.385. The summed E-state index contributed by atoms with van der Waals surface area (Å²) in [7, 11) is 0. The summed E-state index contributed by atoms with van der Waals surface area (Å²) >= 11 is 0. The molecule has 1 aliphatic rings. The monoisotopic (exact) mass is 289 g/mol.